The summed E-state index contributed by atoms with van der Waals surface area (Å²) in [4.78, 5) is 13.6. The van der Waals surface area contributed by atoms with Gasteiger partial charge in [-0.1, -0.05) is 27.3 Å². The molecule has 2 heterocycles. The SMILES string of the molecule is COc1c(C)cc(Br)cc1C(=O)Nc1ccc(-c2nn3c(C)nnc3s2)cc1C. The summed E-state index contributed by atoms with van der Waals surface area (Å²) >= 11 is 4.92. The first-order valence-corrected chi connectivity index (χ1v) is 10.4. The van der Waals surface area contributed by atoms with E-state index >= 15 is 0 Å². The Balaban J connectivity index is 1.63. The number of carbonyl (C=O) groups is 1. The van der Waals surface area contributed by atoms with Crippen LogP contribution in [-0.4, -0.2) is 32.8 Å². The second kappa shape index (κ2) is 7.57. The van der Waals surface area contributed by atoms with E-state index in [1.165, 1.54) is 11.3 Å². The lowest BCUT2D eigenvalue weighted by atomic mass is 10.1. The predicted octanol–water partition coefficient (Wildman–Crippen LogP) is 4.80. The summed E-state index contributed by atoms with van der Waals surface area (Å²) in [5.74, 6) is 1.09. The highest BCUT2D eigenvalue weighted by atomic mass is 79.9. The van der Waals surface area contributed by atoms with Gasteiger partial charge in [0.15, 0.2) is 5.82 Å². The number of rotatable bonds is 4. The lowest BCUT2D eigenvalue weighted by Crippen LogP contribution is -2.14. The molecule has 2 aromatic heterocycles. The molecular weight excluding hydrogens is 454 g/mol. The van der Waals surface area contributed by atoms with Crippen LogP contribution in [0.3, 0.4) is 0 Å². The van der Waals surface area contributed by atoms with E-state index in [1.54, 1.807) is 17.7 Å². The van der Waals surface area contributed by atoms with E-state index in [-0.39, 0.29) is 5.91 Å². The number of amides is 1. The molecule has 0 aliphatic rings. The molecular formula is C20H18BrN5O2S. The Labute approximate surface area is 179 Å². The molecule has 4 rings (SSSR count). The van der Waals surface area contributed by atoms with Crippen LogP contribution in [0, 0.1) is 20.8 Å². The molecule has 0 fully saturated rings. The standard InChI is InChI=1S/C20H18BrN5O2S/c1-10-7-13(19-25-26-12(3)23-24-20(26)29-19)5-6-16(10)22-18(27)15-9-14(21)8-11(2)17(15)28-4/h5-9H,1-4H3,(H,22,27). The summed E-state index contributed by atoms with van der Waals surface area (Å²) in [5, 5.41) is 16.5. The summed E-state index contributed by atoms with van der Waals surface area (Å²) in [6, 6.07) is 9.49. The number of hydrogen-bond donors (Lipinski definition) is 1. The van der Waals surface area contributed by atoms with Crippen LogP contribution >= 0.6 is 27.3 Å². The van der Waals surface area contributed by atoms with Crippen molar-refractivity contribution in [2.24, 2.45) is 0 Å². The van der Waals surface area contributed by atoms with Gasteiger partial charge in [-0.15, -0.1) is 10.2 Å². The maximum atomic E-state index is 12.9. The molecule has 148 valence electrons. The normalized spacial score (nSPS) is 11.1. The number of ether oxygens (including phenoxy) is 1. The summed E-state index contributed by atoms with van der Waals surface area (Å²) in [6.07, 6.45) is 0. The second-order valence-corrected chi connectivity index (χ2v) is 8.51. The predicted molar refractivity (Wildman–Crippen MR) is 117 cm³/mol. The van der Waals surface area contributed by atoms with Gasteiger partial charge < -0.3 is 10.1 Å². The van der Waals surface area contributed by atoms with E-state index in [2.05, 4.69) is 36.5 Å². The third-order valence-corrected chi connectivity index (χ3v) is 5.96. The van der Waals surface area contributed by atoms with Crippen LogP contribution in [-0.2, 0) is 0 Å². The van der Waals surface area contributed by atoms with E-state index in [0.29, 0.717) is 11.3 Å². The lowest BCUT2D eigenvalue weighted by molar-refractivity contribution is 0.102. The molecule has 0 radical (unpaired) electrons. The molecule has 0 unspecified atom stereocenters. The van der Waals surface area contributed by atoms with Gasteiger partial charge in [0.2, 0.25) is 4.96 Å². The van der Waals surface area contributed by atoms with Gasteiger partial charge in [0, 0.05) is 15.7 Å². The van der Waals surface area contributed by atoms with Crippen molar-refractivity contribution in [1.29, 1.82) is 0 Å². The van der Waals surface area contributed by atoms with Crippen molar-refractivity contribution in [3.8, 4) is 16.3 Å². The molecule has 7 nitrogen and oxygen atoms in total. The van der Waals surface area contributed by atoms with Crippen LogP contribution in [0.1, 0.15) is 27.3 Å². The van der Waals surface area contributed by atoms with Crippen molar-refractivity contribution in [3.05, 3.63) is 57.3 Å². The van der Waals surface area contributed by atoms with Crippen LogP contribution in [0.15, 0.2) is 34.8 Å². The molecule has 2 aromatic carbocycles. The molecule has 0 aliphatic heterocycles. The first kappa shape index (κ1) is 19.5. The number of nitrogens with one attached hydrogen (secondary N) is 1. The molecule has 9 heteroatoms. The maximum absolute atomic E-state index is 12.9. The number of benzene rings is 2. The second-order valence-electron chi connectivity index (χ2n) is 6.64. The zero-order valence-electron chi connectivity index (χ0n) is 16.3. The molecule has 0 atom stereocenters. The van der Waals surface area contributed by atoms with E-state index in [0.717, 1.165) is 42.6 Å². The van der Waals surface area contributed by atoms with Gasteiger partial charge in [-0.25, -0.2) is 0 Å². The highest BCUT2D eigenvalue weighted by Gasteiger charge is 2.17. The largest absolute Gasteiger partial charge is 0.496 e. The Morgan fingerprint density at radius 3 is 2.62 bits per heavy atom. The Hall–Kier alpha value is -2.78. The Kier molecular flexibility index (Phi) is 5.10. The van der Waals surface area contributed by atoms with Crippen LogP contribution in [0.5, 0.6) is 5.75 Å². The fourth-order valence-corrected chi connectivity index (χ4v) is 4.58. The quantitative estimate of drug-likeness (QED) is 0.462. The third-order valence-electron chi connectivity index (χ3n) is 4.56. The van der Waals surface area contributed by atoms with Crippen LogP contribution in [0.25, 0.3) is 15.5 Å². The first-order valence-electron chi connectivity index (χ1n) is 8.82. The number of anilines is 1. The Bertz CT molecular complexity index is 1250. The summed E-state index contributed by atoms with van der Waals surface area (Å²) < 4.78 is 7.98. The van der Waals surface area contributed by atoms with Gasteiger partial charge >= 0.3 is 0 Å². The zero-order valence-corrected chi connectivity index (χ0v) is 18.7. The average molecular weight is 472 g/mol. The average Bonchev–Trinajstić information content (AvgIpc) is 3.25. The van der Waals surface area contributed by atoms with Crippen molar-refractivity contribution in [2.45, 2.75) is 20.8 Å². The molecule has 0 bridgehead atoms. The highest BCUT2D eigenvalue weighted by molar-refractivity contribution is 9.10. The smallest absolute Gasteiger partial charge is 0.259 e. The van der Waals surface area contributed by atoms with Gasteiger partial charge in [0.05, 0.1) is 12.7 Å². The van der Waals surface area contributed by atoms with E-state index in [4.69, 9.17) is 4.74 Å². The Morgan fingerprint density at radius 1 is 1.14 bits per heavy atom. The van der Waals surface area contributed by atoms with Gasteiger partial charge in [-0.05, 0) is 62.2 Å². The summed E-state index contributed by atoms with van der Waals surface area (Å²) in [6.45, 7) is 5.72. The topological polar surface area (TPSA) is 81.4 Å². The molecule has 1 N–H and O–H groups in total. The van der Waals surface area contributed by atoms with Crippen molar-refractivity contribution < 1.29 is 9.53 Å². The van der Waals surface area contributed by atoms with Crippen LogP contribution in [0.2, 0.25) is 0 Å². The van der Waals surface area contributed by atoms with Crippen molar-refractivity contribution >= 4 is 43.8 Å². The third kappa shape index (κ3) is 3.63. The lowest BCUT2D eigenvalue weighted by Gasteiger charge is -2.14. The molecule has 0 saturated carbocycles. The van der Waals surface area contributed by atoms with Crippen molar-refractivity contribution in [2.75, 3.05) is 12.4 Å². The summed E-state index contributed by atoms with van der Waals surface area (Å²) in [5.41, 5.74) is 4.00. The maximum Gasteiger partial charge on any atom is 0.259 e. The number of hydrogen-bond acceptors (Lipinski definition) is 6. The van der Waals surface area contributed by atoms with Crippen molar-refractivity contribution in [1.82, 2.24) is 19.8 Å². The zero-order chi connectivity index (χ0) is 20.7. The minimum atomic E-state index is -0.225. The fraction of sp³-hybridized carbons (Fsp3) is 0.200. The monoisotopic (exact) mass is 471 g/mol. The number of methoxy groups -OCH3 is 1. The highest BCUT2D eigenvalue weighted by Crippen LogP contribution is 2.31. The van der Waals surface area contributed by atoms with E-state index in [1.807, 2.05) is 45.0 Å². The number of halogens is 1. The number of fused-ring (bicyclic) bond motifs is 1. The van der Waals surface area contributed by atoms with Crippen LogP contribution < -0.4 is 10.1 Å². The number of aromatic nitrogens is 4. The van der Waals surface area contributed by atoms with Gasteiger partial charge in [0.25, 0.3) is 5.91 Å². The van der Waals surface area contributed by atoms with E-state index < -0.39 is 0 Å². The molecule has 1 amide bonds. The minimum absolute atomic E-state index is 0.225. The molecule has 0 saturated heterocycles. The first-order chi connectivity index (χ1) is 13.9. The van der Waals surface area contributed by atoms with Gasteiger partial charge in [-0.3, -0.25) is 4.79 Å². The Morgan fingerprint density at radius 2 is 1.93 bits per heavy atom. The van der Waals surface area contributed by atoms with E-state index in [9.17, 15) is 4.79 Å². The molecule has 0 spiro atoms. The molecule has 29 heavy (non-hydrogen) atoms. The minimum Gasteiger partial charge on any atom is -0.496 e. The number of aryl methyl sites for hydroxylation is 3. The fourth-order valence-electron chi connectivity index (χ4n) is 3.13. The summed E-state index contributed by atoms with van der Waals surface area (Å²) in [7, 11) is 1.56. The number of carbonyl (C=O) groups excluding carboxylic acids is 1. The van der Waals surface area contributed by atoms with Crippen LogP contribution in [0.4, 0.5) is 5.69 Å². The molecule has 4 aromatic rings. The van der Waals surface area contributed by atoms with Crippen molar-refractivity contribution in [3.63, 3.8) is 0 Å². The molecule has 0 aliphatic carbocycles. The van der Waals surface area contributed by atoms with Gasteiger partial charge in [0.1, 0.15) is 10.8 Å². The van der Waals surface area contributed by atoms with Gasteiger partial charge in [-0.2, -0.15) is 9.61 Å². The number of nitrogens with zero attached hydrogens (tertiary/aromatic N) is 4.